The van der Waals surface area contributed by atoms with Gasteiger partial charge in [0.2, 0.25) is 11.8 Å². The molecule has 2 amide bonds. The quantitative estimate of drug-likeness (QED) is 0.710. The van der Waals surface area contributed by atoms with Crippen molar-refractivity contribution in [2.24, 2.45) is 5.92 Å². The number of carbonyl (C=O) groups is 2. The van der Waals surface area contributed by atoms with Gasteiger partial charge in [-0.25, -0.2) is 0 Å². The molecule has 0 bridgehead atoms. The average molecular weight is 425 g/mol. The summed E-state index contributed by atoms with van der Waals surface area (Å²) in [6.07, 6.45) is 6.65. The van der Waals surface area contributed by atoms with E-state index < -0.39 is 0 Å². The topological polar surface area (TPSA) is 49.4 Å². The van der Waals surface area contributed by atoms with Gasteiger partial charge < -0.3 is 10.2 Å². The average Bonchev–Trinajstić information content (AvgIpc) is 2.79. The smallest absolute Gasteiger partial charge is 0.225 e. The first-order valence-electron chi connectivity index (χ1n) is 11.0. The number of nitrogens with zero attached hydrogens (tertiary/aromatic N) is 1. The summed E-state index contributed by atoms with van der Waals surface area (Å²) in [5, 5.41) is 3.79. The fourth-order valence-electron chi connectivity index (χ4n) is 4.95. The Balaban J connectivity index is 1.57. The summed E-state index contributed by atoms with van der Waals surface area (Å²) in [6.45, 7) is 0.464. The van der Waals surface area contributed by atoms with Crippen LogP contribution in [-0.4, -0.2) is 22.8 Å². The minimum Gasteiger partial charge on any atom is -0.352 e. The Labute approximate surface area is 183 Å². The third kappa shape index (κ3) is 4.70. The Morgan fingerprint density at radius 3 is 2.37 bits per heavy atom. The van der Waals surface area contributed by atoms with Crippen LogP contribution < -0.4 is 5.32 Å². The van der Waals surface area contributed by atoms with Crippen molar-refractivity contribution in [2.45, 2.75) is 63.6 Å². The molecule has 1 aliphatic heterocycles. The highest BCUT2D eigenvalue weighted by atomic mass is 35.5. The van der Waals surface area contributed by atoms with Crippen LogP contribution in [0.25, 0.3) is 0 Å². The maximum atomic E-state index is 13.3. The lowest BCUT2D eigenvalue weighted by Gasteiger charge is -2.46. The van der Waals surface area contributed by atoms with E-state index in [-0.39, 0.29) is 29.8 Å². The lowest BCUT2D eigenvalue weighted by molar-refractivity contribution is -0.147. The minimum absolute atomic E-state index is 0.0205. The molecule has 0 unspecified atom stereocenters. The molecule has 4 nitrogen and oxygen atoms in total. The number of halogens is 1. The predicted molar refractivity (Wildman–Crippen MR) is 119 cm³/mol. The molecule has 1 saturated heterocycles. The molecular weight excluding hydrogens is 396 g/mol. The van der Waals surface area contributed by atoms with Gasteiger partial charge in [0, 0.05) is 24.0 Å². The van der Waals surface area contributed by atoms with Crippen LogP contribution in [0.2, 0.25) is 5.02 Å². The summed E-state index contributed by atoms with van der Waals surface area (Å²) in [6, 6.07) is 17.6. The van der Waals surface area contributed by atoms with Gasteiger partial charge in [0.25, 0.3) is 0 Å². The number of benzene rings is 2. The van der Waals surface area contributed by atoms with Crippen molar-refractivity contribution in [3.8, 4) is 0 Å². The van der Waals surface area contributed by atoms with E-state index in [4.69, 9.17) is 11.6 Å². The van der Waals surface area contributed by atoms with Crippen LogP contribution in [0.4, 0.5) is 0 Å². The maximum Gasteiger partial charge on any atom is 0.225 e. The summed E-state index contributed by atoms with van der Waals surface area (Å²) < 4.78 is 0. The second kappa shape index (κ2) is 9.65. The van der Waals surface area contributed by atoms with Crippen molar-refractivity contribution in [3.63, 3.8) is 0 Å². The Bertz CT molecular complexity index is 862. The molecule has 2 aliphatic rings. The van der Waals surface area contributed by atoms with Crippen LogP contribution in [-0.2, 0) is 16.1 Å². The van der Waals surface area contributed by atoms with Crippen LogP contribution in [0.1, 0.15) is 62.1 Å². The van der Waals surface area contributed by atoms with Gasteiger partial charge in [-0.05, 0) is 42.5 Å². The zero-order valence-electron chi connectivity index (χ0n) is 17.2. The van der Waals surface area contributed by atoms with Gasteiger partial charge in [-0.1, -0.05) is 73.3 Å². The molecular formula is C25H29ClN2O2. The number of piperidine rings is 1. The summed E-state index contributed by atoms with van der Waals surface area (Å²) >= 11 is 5.96. The molecule has 1 heterocycles. The number of hydrogen-bond acceptors (Lipinski definition) is 2. The molecule has 2 aromatic carbocycles. The van der Waals surface area contributed by atoms with Crippen molar-refractivity contribution in [2.75, 3.05) is 0 Å². The Hall–Kier alpha value is -2.33. The zero-order valence-corrected chi connectivity index (χ0v) is 18.0. The number of hydrogen-bond donors (Lipinski definition) is 1. The normalized spacial score (nSPS) is 22.7. The standard InChI is InChI=1S/C25H29ClN2O2/c26-20-13-11-18(12-14-20)17-27-25(30)22-15-16-23(29)28(21-9-5-2-6-10-21)24(22)19-7-3-1-4-8-19/h1,3-4,7-8,11-14,21-22,24H,2,5-6,9-10,15-17H2,(H,27,30)/t22-,24+/m1/s1. The van der Waals surface area contributed by atoms with Gasteiger partial charge in [0.05, 0.1) is 12.0 Å². The zero-order chi connectivity index (χ0) is 20.9. The van der Waals surface area contributed by atoms with E-state index in [1.165, 1.54) is 6.42 Å². The first kappa shape index (κ1) is 20.9. The molecule has 2 fully saturated rings. The third-order valence-electron chi connectivity index (χ3n) is 6.46. The van der Waals surface area contributed by atoms with Crippen molar-refractivity contribution in [3.05, 3.63) is 70.7 Å². The van der Waals surface area contributed by atoms with Gasteiger partial charge >= 0.3 is 0 Å². The number of rotatable bonds is 5. The SMILES string of the molecule is O=C(NCc1ccc(Cl)cc1)[C@@H]1CCC(=O)N(C2CCCCC2)[C@H]1c1ccccc1. The third-order valence-corrected chi connectivity index (χ3v) is 6.72. The highest BCUT2D eigenvalue weighted by Gasteiger charge is 2.43. The van der Waals surface area contributed by atoms with Crippen LogP contribution in [0, 0.1) is 5.92 Å². The summed E-state index contributed by atoms with van der Waals surface area (Å²) in [5.74, 6) is -0.0241. The first-order chi connectivity index (χ1) is 14.6. The first-order valence-corrected chi connectivity index (χ1v) is 11.4. The number of nitrogens with one attached hydrogen (secondary N) is 1. The van der Waals surface area contributed by atoms with E-state index in [9.17, 15) is 9.59 Å². The Kier molecular flexibility index (Phi) is 6.73. The number of likely N-dealkylation sites (tertiary alicyclic amines) is 1. The molecule has 0 radical (unpaired) electrons. The summed E-state index contributed by atoms with van der Waals surface area (Å²) in [4.78, 5) is 28.4. The molecule has 4 rings (SSSR count). The molecule has 1 N–H and O–H groups in total. The Morgan fingerprint density at radius 2 is 1.67 bits per heavy atom. The van der Waals surface area contributed by atoms with Crippen molar-refractivity contribution in [1.82, 2.24) is 10.2 Å². The van der Waals surface area contributed by atoms with Crippen molar-refractivity contribution < 1.29 is 9.59 Å². The van der Waals surface area contributed by atoms with Gasteiger partial charge in [-0.15, -0.1) is 0 Å². The van der Waals surface area contributed by atoms with Crippen LogP contribution in [0.3, 0.4) is 0 Å². The van der Waals surface area contributed by atoms with Crippen LogP contribution >= 0.6 is 11.6 Å². The van der Waals surface area contributed by atoms with E-state index in [1.54, 1.807) is 0 Å². The lowest BCUT2D eigenvalue weighted by Crippen LogP contribution is -2.52. The molecule has 2 atom stereocenters. The summed E-state index contributed by atoms with van der Waals surface area (Å²) in [5.41, 5.74) is 2.07. The molecule has 0 spiro atoms. The lowest BCUT2D eigenvalue weighted by atomic mass is 9.80. The highest BCUT2D eigenvalue weighted by molar-refractivity contribution is 6.30. The van der Waals surface area contributed by atoms with E-state index in [1.807, 2.05) is 42.5 Å². The van der Waals surface area contributed by atoms with E-state index in [2.05, 4.69) is 22.3 Å². The van der Waals surface area contributed by atoms with E-state index in [0.29, 0.717) is 24.4 Å². The molecule has 1 aliphatic carbocycles. The van der Waals surface area contributed by atoms with Crippen molar-refractivity contribution >= 4 is 23.4 Å². The number of carbonyl (C=O) groups excluding carboxylic acids is 2. The fraction of sp³-hybridized carbons (Fsp3) is 0.440. The molecule has 1 saturated carbocycles. The molecule has 158 valence electrons. The predicted octanol–water partition coefficient (Wildman–Crippen LogP) is 5.27. The van der Waals surface area contributed by atoms with Crippen LogP contribution in [0.15, 0.2) is 54.6 Å². The highest BCUT2D eigenvalue weighted by Crippen LogP contribution is 2.41. The van der Waals surface area contributed by atoms with Gasteiger partial charge in [0.15, 0.2) is 0 Å². The van der Waals surface area contributed by atoms with Gasteiger partial charge in [0.1, 0.15) is 0 Å². The monoisotopic (exact) mass is 424 g/mol. The van der Waals surface area contributed by atoms with Crippen molar-refractivity contribution in [1.29, 1.82) is 0 Å². The maximum absolute atomic E-state index is 13.3. The molecule has 5 heteroatoms. The van der Waals surface area contributed by atoms with Gasteiger partial charge in [-0.3, -0.25) is 9.59 Å². The second-order valence-electron chi connectivity index (χ2n) is 8.44. The molecule has 30 heavy (non-hydrogen) atoms. The van der Waals surface area contributed by atoms with E-state index >= 15 is 0 Å². The minimum atomic E-state index is -0.237. The fourth-order valence-corrected chi connectivity index (χ4v) is 5.07. The van der Waals surface area contributed by atoms with Crippen LogP contribution in [0.5, 0.6) is 0 Å². The second-order valence-corrected chi connectivity index (χ2v) is 8.87. The molecule has 0 aromatic heterocycles. The largest absolute Gasteiger partial charge is 0.352 e. The van der Waals surface area contributed by atoms with Gasteiger partial charge in [-0.2, -0.15) is 0 Å². The summed E-state index contributed by atoms with van der Waals surface area (Å²) in [7, 11) is 0. The number of amides is 2. The Morgan fingerprint density at radius 1 is 0.967 bits per heavy atom. The molecule has 2 aromatic rings. The van der Waals surface area contributed by atoms with E-state index in [0.717, 1.165) is 36.8 Å².